The second kappa shape index (κ2) is 4.34. The average molecular weight is 281 g/mol. The van der Waals surface area contributed by atoms with Gasteiger partial charge in [0.05, 0.1) is 23.3 Å². The molecule has 2 aromatic rings. The molecule has 1 aliphatic rings. The van der Waals surface area contributed by atoms with Crippen LogP contribution in [-0.2, 0) is 19.0 Å². The summed E-state index contributed by atoms with van der Waals surface area (Å²) in [6.45, 7) is 1.82. The number of aryl methyl sites for hydroxylation is 1. The Labute approximate surface area is 114 Å². The molecule has 0 saturated heterocycles. The summed E-state index contributed by atoms with van der Waals surface area (Å²) in [7, 11) is 0. The van der Waals surface area contributed by atoms with Crippen molar-refractivity contribution >= 4 is 0 Å². The minimum Gasteiger partial charge on any atom is -0.323 e. The molecule has 0 spiro atoms. The van der Waals surface area contributed by atoms with Gasteiger partial charge in [0, 0.05) is 11.7 Å². The number of rotatable bonds is 1. The van der Waals surface area contributed by atoms with Gasteiger partial charge in [0.1, 0.15) is 0 Å². The van der Waals surface area contributed by atoms with Crippen molar-refractivity contribution in [3.63, 3.8) is 0 Å². The quantitative estimate of drug-likeness (QED) is 0.873. The molecule has 0 aliphatic carbocycles. The van der Waals surface area contributed by atoms with Gasteiger partial charge in [0.25, 0.3) is 0 Å². The standard InChI is InChI=1S/C14H14F3N3/c1-8(18)13-11-5-3-9-2-4-10(14(15,16)17)6-12(9)20(11)7-19-13/h2,4,6-8H,3,5,18H2,1H3. The molecule has 1 aromatic carbocycles. The maximum Gasteiger partial charge on any atom is 0.416 e. The van der Waals surface area contributed by atoms with Gasteiger partial charge in [-0.3, -0.25) is 0 Å². The van der Waals surface area contributed by atoms with Crippen LogP contribution in [0.1, 0.15) is 35.5 Å². The van der Waals surface area contributed by atoms with E-state index in [9.17, 15) is 13.2 Å². The summed E-state index contributed by atoms with van der Waals surface area (Å²) in [5.41, 5.74) is 8.33. The largest absolute Gasteiger partial charge is 0.416 e. The predicted molar refractivity (Wildman–Crippen MR) is 68.6 cm³/mol. The molecule has 2 heterocycles. The lowest BCUT2D eigenvalue weighted by atomic mass is 9.97. The number of hydrogen-bond acceptors (Lipinski definition) is 2. The van der Waals surface area contributed by atoms with E-state index >= 15 is 0 Å². The monoisotopic (exact) mass is 281 g/mol. The molecule has 2 N–H and O–H groups in total. The molecule has 1 aromatic heterocycles. The number of nitrogens with zero attached hydrogens (tertiary/aromatic N) is 2. The number of imidazole rings is 1. The smallest absolute Gasteiger partial charge is 0.323 e. The molecule has 1 aliphatic heterocycles. The van der Waals surface area contributed by atoms with Crippen molar-refractivity contribution in [3.05, 3.63) is 47.0 Å². The van der Waals surface area contributed by atoms with Crippen LogP contribution in [0.15, 0.2) is 24.5 Å². The summed E-state index contributed by atoms with van der Waals surface area (Å²) >= 11 is 0. The van der Waals surface area contributed by atoms with E-state index in [4.69, 9.17) is 5.73 Å². The normalized spacial score (nSPS) is 15.7. The molecule has 0 radical (unpaired) electrons. The van der Waals surface area contributed by atoms with Crippen LogP contribution < -0.4 is 5.73 Å². The maximum atomic E-state index is 12.8. The molecule has 20 heavy (non-hydrogen) atoms. The Morgan fingerprint density at radius 2 is 2.05 bits per heavy atom. The lowest BCUT2D eigenvalue weighted by Gasteiger charge is -2.21. The fraction of sp³-hybridized carbons (Fsp3) is 0.357. The second-order valence-electron chi connectivity index (χ2n) is 5.08. The lowest BCUT2D eigenvalue weighted by molar-refractivity contribution is -0.137. The zero-order valence-corrected chi connectivity index (χ0v) is 10.9. The molecule has 106 valence electrons. The molecule has 6 heteroatoms. The molecule has 0 fully saturated rings. The Morgan fingerprint density at radius 3 is 2.70 bits per heavy atom. The number of benzene rings is 1. The first-order valence-corrected chi connectivity index (χ1v) is 6.40. The van der Waals surface area contributed by atoms with Crippen molar-refractivity contribution in [2.75, 3.05) is 0 Å². The van der Waals surface area contributed by atoms with Crippen LogP contribution >= 0.6 is 0 Å². The molecular formula is C14H14F3N3. The van der Waals surface area contributed by atoms with Gasteiger partial charge in [-0.1, -0.05) is 6.07 Å². The number of fused-ring (bicyclic) bond motifs is 3. The Morgan fingerprint density at radius 1 is 1.30 bits per heavy atom. The fourth-order valence-corrected chi connectivity index (χ4v) is 2.65. The summed E-state index contributed by atoms with van der Waals surface area (Å²) in [4.78, 5) is 4.24. The Balaban J connectivity index is 2.15. The Hall–Kier alpha value is -1.82. The van der Waals surface area contributed by atoms with Crippen molar-refractivity contribution in [1.29, 1.82) is 0 Å². The molecule has 1 unspecified atom stereocenters. The highest BCUT2D eigenvalue weighted by atomic mass is 19.4. The zero-order valence-electron chi connectivity index (χ0n) is 10.9. The highest BCUT2D eigenvalue weighted by Crippen LogP contribution is 2.34. The van der Waals surface area contributed by atoms with Crippen LogP contribution in [0.5, 0.6) is 0 Å². The third kappa shape index (κ3) is 2.00. The van der Waals surface area contributed by atoms with Crippen molar-refractivity contribution in [1.82, 2.24) is 9.55 Å². The molecule has 1 atom stereocenters. The first-order chi connectivity index (χ1) is 9.38. The van der Waals surface area contributed by atoms with E-state index in [2.05, 4.69) is 4.98 Å². The van der Waals surface area contributed by atoms with Gasteiger partial charge < -0.3 is 10.3 Å². The van der Waals surface area contributed by atoms with Crippen LogP contribution in [0.2, 0.25) is 0 Å². The Kier molecular flexibility index (Phi) is 2.86. The van der Waals surface area contributed by atoms with Crippen molar-refractivity contribution in [2.24, 2.45) is 5.73 Å². The molecule has 3 rings (SSSR count). The number of aromatic nitrogens is 2. The van der Waals surface area contributed by atoms with Gasteiger partial charge in [-0.25, -0.2) is 4.98 Å². The highest BCUT2D eigenvalue weighted by Gasteiger charge is 2.32. The van der Waals surface area contributed by atoms with Gasteiger partial charge in [0.15, 0.2) is 0 Å². The van der Waals surface area contributed by atoms with E-state index in [1.54, 1.807) is 17.0 Å². The molecule has 0 amide bonds. The van der Waals surface area contributed by atoms with Crippen LogP contribution in [0.25, 0.3) is 5.69 Å². The van der Waals surface area contributed by atoms with Crippen molar-refractivity contribution in [3.8, 4) is 5.69 Å². The van der Waals surface area contributed by atoms with E-state index in [0.717, 1.165) is 29.4 Å². The van der Waals surface area contributed by atoms with E-state index in [0.29, 0.717) is 12.1 Å². The maximum absolute atomic E-state index is 12.8. The summed E-state index contributed by atoms with van der Waals surface area (Å²) < 4.78 is 40.2. The first kappa shape index (κ1) is 13.2. The first-order valence-electron chi connectivity index (χ1n) is 6.40. The average Bonchev–Trinajstić information content (AvgIpc) is 2.81. The summed E-state index contributed by atoms with van der Waals surface area (Å²) in [5.74, 6) is 0. The minimum atomic E-state index is -4.34. The predicted octanol–water partition coefficient (Wildman–Crippen LogP) is 3.01. The molecule has 0 saturated carbocycles. The number of hydrogen-bond donors (Lipinski definition) is 1. The number of halogens is 3. The lowest BCUT2D eigenvalue weighted by Crippen LogP contribution is -2.16. The summed E-state index contributed by atoms with van der Waals surface area (Å²) in [5, 5.41) is 0. The molecular weight excluding hydrogens is 267 g/mol. The van der Waals surface area contributed by atoms with Crippen molar-refractivity contribution in [2.45, 2.75) is 32.0 Å². The zero-order chi connectivity index (χ0) is 14.5. The van der Waals surface area contributed by atoms with Gasteiger partial charge in [0.2, 0.25) is 0 Å². The summed E-state index contributed by atoms with van der Waals surface area (Å²) in [6.07, 6.45) is -1.32. The minimum absolute atomic E-state index is 0.224. The van der Waals surface area contributed by atoms with E-state index in [1.165, 1.54) is 6.07 Å². The van der Waals surface area contributed by atoms with E-state index < -0.39 is 11.7 Å². The Bertz CT molecular complexity index is 656. The van der Waals surface area contributed by atoms with Gasteiger partial charge >= 0.3 is 6.18 Å². The van der Waals surface area contributed by atoms with Crippen LogP contribution in [-0.4, -0.2) is 9.55 Å². The highest BCUT2D eigenvalue weighted by molar-refractivity contribution is 5.49. The van der Waals surface area contributed by atoms with Crippen LogP contribution in [0.4, 0.5) is 13.2 Å². The van der Waals surface area contributed by atoms with E-state index in [-0.39, 0.29) is 6.04 Å². The molecule has 0 bridgehead atoms. The van der Waals surface area contributed by atoms with E-state index in [1.807, 2.05) is 6.92 Å². The fourth-order valence-electron chi connectivity index (χ4n) is 2.65. The third-order valence-corrected chi connectivity index (χ3v) is 3.63. The summed E-state index contributed by atoms with van der Waals surface area (Å²) in [6, 6.07) is 3.64. The third-order valence-electron chi connectivity index (χ3n) is 3.63. The molecule has 3 nitrogen and oxygen atoms in total. The van der Waals surface area contributed by atoms with Gasteiger partial charge in [-0.2, -0.15) is 13.2 Å². The topological polar surface area (TPSA) is 43.8 Å². The van der Waals surface area contributed by atoms with Crippen LogP contribution in [0.3, 0.4) is 0 Å². The van der Waals surface area contributed by atoms with Crippen molar-refractivity contribution < 1.29 is 13.2 Å². The van der Waals surface area contributed by atoms with Crippen LogP contribution in [0, 0.1) is 0 Å². The number of nitrogens with two attached hydrogens (primary N) is 1. The van der Waals surface area contributed by atoms with Gasteiger partial charge in [-0.05, 0) is 37.5 Å². The SMILES string of the molecule is CC(N)c1ncn2c1CCc1ccc(C(F)(F)F)cc1-2. The van der Waals surface area contributed by atoms with Gasteiger partial charge in [-0.15, -0.1) is 0 Å². The number of alkyl halides is 3. The second-order valence-corrected chi connectivity index (χ2v) is 5.08.